The highest BCUT2D eigenvalue weighted by atomic mass is 32.2. The van der Waals surface area contributed by atoms with Crippen molar-refractivity contribution in [2.45, 2.75) is 31.2 Å². The van der Waals surface area contributed by atoms with Crippen molar-refractivity contribution in [2.24, 2.45) is 0 Å². The molecule has 0 aliphatic heterocycles. The Morgan fingerprint density at radius 1 is 1.11 bits per heavy atom. The molecule has 0 bridgehead atoms. The third-order valence-corrected chi connectivity index (χ3v) is 5.87. The van der Waals surface area contributed by atoms with Crippen LogP contribution in [-0.2, 0) is 23.9 Å². The fraction of sp³-hybridized carbons (Fsp3) is 0.304. The first-order valence-corrected chi connectivity index (χ1v) is 11.6. The number of hydrogen-bond donors (Lipinski definition) is 2. The molecule has 186 valence electrons. The number of methoxy groups -OCH3 is 1. The third-order valence-electron chi connectivity index (χ3n) is 4.90. The number of thioether (sulfide) groups is 1. The summed E-state index contributed by atoms with van der Waals surface area (Å²) in [5, 5.41) is 14.1. The van der Waals surface area contributed by atoms with Crippen LogP contribution in [0.25, 0.3) is 0 Å². The summed E-state index contributed by atoms with van der Waals surface area (Å²) in [6.07, 6.45) is -4.06. The SMILES string of the molecule is CCn1c(CCNC(=O)c2ccc(OC)cc2)nnc1SCC(=O)Nc1cccc(C(F)(F)F)c1. The zero-order valence-electron chi connectivity index (χ0n) is 19.1. The Morgan fingerprint density at radius 2 is 1.86 bits per heavy atom. The van der Waals surface area contributed by atoms with E-state index in [2.05, 4.69) is 20.8 Å². The minimum Gasteiger partial charge on any atom is -0.497 e. The Kier molecular flexibility index (Phi) is 8.74. The largest absolute Gasteiger partial charge is 0.497 e. The predicted molar refractivity (Wildman–Crippen MR) is 126 cm³/mol. The molecule has 0 aliphatic rings. The van der Waals surface area contributed by atoms with E-state index in [1.807, 2.05) is 11.5 Å². The topological polar surface area (TPSA) is 98.1 Å². The molecule has 2 aromatic carbocycles. The molecule has 3 aromatic rings. The summed E-state index contributed by atoms with van der Waals surface area (Å²) in [6, 6.07) is 11.2. The van der Waals surface area contributed by atoms with Crippen LogP contribution in [0.3, 0.4) is 0 Å². The van der Waals surface area contributed by atoms with Gasteiger partial charge in [-0.3, -0.25) is 9.59 Å². The van der Waals surface area contributed by atoms with Gasteiger partial charge in [0.05, 0.1) is 18.4 Å². The minimum atomic E-state index is -4.49. The molecule has 2 N–H and O–H groups in total. The average Bonchev–Trinajstić information content (AvgIpc) is 3.24. The van der Waals surface area contributed by atoms with Crippen molar-refractivity contribution in [3.8, 4) is 5.75 Å². The zero-order valence-corrected chi connectivity index (χ0v) is 19.9. The van der Waals surface area contributed by atoms with Gasteiger partial charge in [-0.15, -0.1) is 10.2 Å². The Bertz CT molecular complexity index is 1170. The van der Waals surface area contributed by atoms with E-state index in [4.69, 9.17) is 4.74 Å². The van der Waals surface area contributed by atoms with E-state index < -0.39 is 17.6 Å². The Balaban J connectivity index is 1.51. The van der Waals surface area contributed by atoms with Gasteiger partial charge in [-0.2, -0.15) is 13.2 Å². The van der Waals surface area contributed by atoms with Gasteiger partial charge < -0.3 is 19.9 Å². The first-order valence-electron chi connectivity index (χ1n) is 10.7. The third kappa shape index (κ3) is 7.22. The molecule has 0 fully saturated rings. The van der Waals surface area contributed by atoms with E-state index >= 15 is 0 Å². The second kappa shape index (κ2) is 11.7. The lowest BCUT2D eigenvalue weighted by Gasteiger charge is -2.10. The summed E-state index contributed by atoms with van der Waals surface area (Å²) in [6.45, 7) is 2.78. The average molecular weight is 508 g/mol. The smallest absolute Gasteiger partial charge is 0.416 e. The van der Waals surface area contributed by atoms with Gasteiger partial charge in [0.15, 0.2) is 5.16 Å². The Labute approximate surface area is 204 Å². The molecule has 0 aliphatic carbocycles. The van der Waals surface area contributed by atoms with Crippen molar-refractivity contribution in [1.82, 2.24) is 20.1 Å². The highest BCUT2D eigenvalue weighted by molar-refractivity contribution is 7.99. The second-order valence-corrected chi connectivity index (χ2v) is 8.24. The molecule has 8 nitrogen and oxygen atoms in total. The fourth-order valence-corrected chi connectivity index (χ4v) is 3.98. The number of rotatable bonds is 10. The van der Waals surface area contributed by atoms with Crippen LogP contribution in [0.2, 0.25) is 0 Å². The maximum absolute atomic E-state index is 12.8. The van der Waals surface area contributed by atoms with Gasteiger partial charge in [0.1, 0.15) is 11.6 Å². The van der Waals surface area contributed by atoms with Crippen molar-refractivity contribution in [3.63, 3.8) is 0 Å². The maximum Gasteiger partial charge on any atom is 0.416 e. The van der Waals surface area contributed by atoms with Gasteiger partial charge in [-0.05, 0) is 49.4 Å². The van der Waals surface area contributed by atoms with E-state index in [1.54, 1.807) is 31.4 Å². The quantitative estimate of drug-likeness (QED) is 0.402. The number of amides is 2. The lowest BCUT2D eigenvalue weighted by atomic mass is 10.2. The van der Waals surface area contributed by atoms with E-state index in [0.717, 1.165) is 23.9 Å². The van der Waals surface area contributed by atoms with Crippen molar-refractivity contribution >= 4 is 29.3 Å². The van der Waals surface area contributed by atoms with Gasteiger partial charge in [0, 0.05) is 30.8 Å². The van der Waals surface area contributed by atoms with Crippen molar-refractivity contribution < 1.29 is 27.5 Å². The number of aromatic nitrogens is 3. The van der Waals surface area contributed by atoms with Crippen LogP contribution in [-0.4, -0.2) is 46.0 Å². The highest BCUT2D eigenvalue weighted by Crippen LogP contribution is 2.30. The lowest BCUT2D eigenvalue weighted by molar-refractivity contribution is -0.137. The first-order chi connectivity index (χ1) is 16.7. The molecule has 0 saturated carbocycles. The normalized spacial score (nSPS) is 11.2. The van der Waals surface area contributed by atoms with Crippen LogP contribution < -0.4 is 15.4 Å². The number of nitrogens with zero attached hydrogens (tertiary/aromatic N) is 3. The molecule has 0 atom stereocenters. The minimum absolute atomic E-state index is 0.0530. The number of benzene rings is 2. The monoisotopic (exact) mass is 507 g/mol. The van der Waals surface area contributed by atoms with Crippen LogP contribution in [0, 0.1) is 0 Å². The molecule has 12 heteroatoms. The van der Waals surface area contributed by atoms with Crippen LogP contribution >= 0.6 is 11.8 Å². The number of hydrogen-bond acceptors (Lipinski definition) is 6. The number of alkyl halides is 3. The van der Waals surface area contributed by atoms with Gasteiger partial charge in [0.2, 0.25) is 5.91 Å². The van der Waals surface area contributed by atoms with Crippen molar-refractivity contribution in [2.75, 3.05) is 24.7 Å². The molecule has 35 heavy (non-hydrogen) atoms. The zero-order chi connectivity index (χ0) is 25.4. The number of halogens is 3. The lowest BCUT2D eigenvalue weighted by Crippen LogP contribution is -2.26. The van der Waals surface area contributed by atoms with Crippen molar-refractivity contribution in [1.29, 1.82) is 0 Å². The number of carbonyl (C=O) groups is 2. The van der Waals surface area contributed by atoms with E-state index in [9.17, 15) is 22.8 Å². The molecule has 2 amide bonds. The number of anilines is 1. The van der Waals surface area contributed by atoms with Crippen LogP contribution in [0.5, 0.6) is 5.75 Å². The van der Waals surface area contributed by atoms with Gasteiger partial charge >= 0.3 is 6.18 Å². The molecular weight excluding hydrogens is 483 g/mol. The molecule has 0 spiro atoms. The molecular formula is C23H24F3N5O3S. The fourth-order valence-electron chi connectivity index (χ4n) is 3.16. The van der Waals surface area contributed by atoms with Crippen molar-refractivity contribution in [3.05, 3.63) is 65.5 Å². The van der Waals surface area contributed by atoms with Gasteiger partial charge in [-0.1, -0.05) is 17.8 Å². The standard InChI is InChI=1S/C23H24F3N5O3S/c1-3-31-19(11-12-27-21(33)15-7-9-18(34-2)10-8-15)29-30-22(31)35-14-20(32)28-17-6-4-5-16(13-17)23(24,25)26/h4-10,13H,3,11-12,14H2,1-2H3,(H,27,33)(H,28,32). The van der Waals surface area contributed by atoms with Crippen LogP contribution in [0.15, 0.2) is 53.7 Å². The highest BCUT2D eigenvalue weighted by Gasteiger charge is 2.30. The molecule has 0 saturated heterocycles. The first kappa shape index (κ1) is 26.1. The maximum atomic E-state index is 12.8. The summed E-state index contributed by atoms with van der Waals surface area (Å²) in [5.41, 5.74) is -0.265. The van der Waals surface area contributed by atoms with Gasteiger partial charge in [0.25, 0.3) is 5.91 Å². The van der Waals surface area contributed by atoms with Crippen LogP contribution in [0.1, 0.15) is 28.7 Å². The molecule has 0 radical (unpaired) electrons. The summed E-state index contributed by atoms with van der Waals surface area (Å²) >= 11 is 1.13. The summed E-state index contributed by atoms with van der Waals surface area (Å²) < 4.78 is 45.4. The van der Waals surface area contributed by atoms with Crippen LogP contribution in [0.4, 0.5) is 18.9 Å². The Morgan fingerprint density at radius 3 is 2.51 bits per heavy atom. The van der Waals surface area contributed by atoms with E-state index in [1.165, 1.54) is 12.1 Å². The second-order valence-electron chi connectivity index (χ2n) is 7.29. The molecule has 1 aromatic heterocycles. The Hall–Kier alpha value is -3.54. The summed E-state index contributed by atoms with van der Waals surface area (Å²) in [5.74, 6) is 0.557. The number of carbonyl (C=O) groups excluding carboxylic acids is 2. The van der Waals surface area contributed by atoms with E-state index in [-0.39, 0.29) is 17.3 Å². The molecule has 3 rings (SSSR count). The predicted octanol–water partition coefficient (Wildman–Crippen LogP) is 4.03. The van der Waals surface area contributed by atoms with Gasteiger partial charge in [-0.25, -0.2) is 0 Å². The molecule has 1 heterocycles. The number of nitrogens with one attached hydrogen (secondary N) is 2. The summed E-state index contributed by atoms with van der Waals surface area (Å²) in [7, 11) is 1.55. The number of ether oxygens (including phenoxy) is 1. The summed E-state index contributed by atoms with van der Waals surface area (Å²) in [4.78, 5) is 24.5. The molecule has 0 unspecified atom stereocenters. The van der Waals surface area contributed by atoms with E-state index in [0.29, 0.717) is 41.8 Å².